The summed E-state index contributed by atoms with van der Waals surface area (Å²) in [5.41, 5.74) is 1.14. The SMILES string of the molecule is O=C(C1Cc2ccccc2O1)N1CCCC1CBr. The molecule has 1 fully saturated rings. The number of amides is 1. The lowest BCUT2D eigenvalue weighted by Crippen LogP contribution is -2.44. The lowest BCUT2D eigenvalue weighted by molar-refractivity contribution is -0.138. The van der Waals surface area contributed by atoms with Crippen molar-refractivity contribution in [1.29, 1.82) is 0 Å². The van der Waals surface area contributed by atoms with Gasteiger partial charge >= 0.3 is 0 Å². The summed E-state index contributed by atoms with van der Waals surface area (Å²) >= 11 is 3.49. The summed E-state index contributed by atoms with van der Waals surface area (Å²) in [4.78, 5) is 14.4. The number of alkyl halides is 1. The van der Waals surface area contributed by atoms with Crippen LogP contribution in [0.1, 0.15) is 18.4 Å². The first kappa shape index (κ1) is 12.0. The minimum absolute atomic E-state index is 0.146. The Morgan fingerprint density at radius 1 is 1.44 bits per heavy atom. The Balaban J connectivity index is 1.72. The molecule has 0 aromatic heterocycles. The highest BCUT2D eigenvalue weighted by molar-refractivity contribution is 9.09. The third-order valence-corrected chi connectivity index (χ3v) is 4.51. The van der Waals surface area contributed by atoms with E-state index >= 15 is 0 Å². The smallest absolute Gasteiger partial charge is 0.264 e. The lowest BCUT2D eigenvalue weighted by Gasteiger charge is -2.25. The molecule has 3 rings (SSSR count). The number of hydrogen-bond acceptors (Lipinski definition) is 2. The first-order valence-corrected chi connectivity index (χ1v) is 7.53. The molecule has 18 heavy (non-hydrogen) atoms. The predicted octanol–water partition coefficient (Wildman–Crippen LogP) is 2.38. The van der Waals surface area contributed by atoms with Gasteiger partial charge in [0.25, 0.3) is 5.91 Å². The number of fused-ring (bicyclic) bond motifs is 1. The van der Waals surface area contributed by atoms with Crippen molar-refractivity contribution in [2.75, 3.05) is 11.9 Å². The predicted molar refractivity (Wildman–Crippen MR) is 73.1 cm³/mol. The molecule has 1 aromatic carbocycles. The zero-order valence-corrected chi connectivity index (χ0v) is 11.7. The average molecular weight is 310 g/mol. The Morgan fingerprint density at radius 3 is 3.06 bits per heavy atom. The normalized spacial score (nSPS) is 25.9. The van der Waals surface area contributed by atoms with Crippen molar-refractivity contribution in [1.82, 2.24) is 4.90 Å². The molecule has 2 heterocycles. The third-order valence-electron chi connectivity index (χ3n) is 3.76. The largest absolute Gasteiger partial charge is 0.480 e. The Hall–Kier alpha value is -1.03. The first-order chi connectivity index (χ1) is 8.79. The Morgan fingerprint density at radius 2 is 2.28 bits per heavy atom. The van der Waals surface area contributed by atoms with Crippen molar-refractivity contribution in [3.63, 3.8) is 0 Å². The van der Waals surface area contributed by atoms with Crippen molar-refractivity contribution < 1.29 is 9.53 Å². The quantitative estimate of drug-likeness (QED) is 0.785. The number of benzene rings is 1. The molecule has 1 amide bonds. The van der Waals surface area contributed by atoms with E-state index in [-0.39, 0.29) is 12.0 Å². The van der Waals surface area contributed by atoms with Gasteiger partial charge in [0.2, 0.25) is 0 Å². The fourth-order valence-electron chi connectivity index (χ4n) is 2.79. The molecule has 0 bridgehead atoms. The highest BCUT2D eigenvalue weighted by Gasteiger charge is 2.36. The maximum absolute atomic E-state index is 12.5. The van der Waals surface area contributed by atoms with E-state index in [0.717, 1.165) is 36.0 Å². The van der Waals surface area contributed by atoms with Crippen LogP contribution in [-0.2, 0) is 11.2 Å². The van der Waals surface area contributed by atoms with Gasteiger partial charge in [-0.1, -0.05) is 34.1 Å². The summed E-state index contributed by atoms with van der Waals surface area (Å²) in [5.74, 6) is 1.01. The highest BCUT2D eigenvalue weighted by Crippen LogP contribution is 2.30. The van der Waals surface area contributed by atoms with E-state index in [1.165, 1.54) is 0 Å². The van der Waals surface area contributed by atoms with Gasteiger partial charge < -0.3 is 9.64 Å². The zero-order valence-electron chi connectivity index (χ0n) is 10.1. The monoisotopic (exact) mass is 309 g/mol. The topological polar surface area (TPSA) is 29.5 Å². The highest BCUT2D eigenvalue weighted by atomic mass is 79.9. The van der Waals surface area contributed by atoms with E-state index in [1.807, 2.05) is 29.2 Å². The maximum Gasteiger partial charge on any atom is 0.264 e. The van der Waals surface area contributed by atoms with Gasteiger partial charge in [-0.25, -0.2) is 0 Å². The van der Waals surface area contributed by atoms with Crippen molar-refractivity contribution in [2.24, 2.45) is 0 Å². The molecule has 4 heteroatoms. The summed E-state index contributed by atoms with van der Waals surface area (Å²) in [6.07, 6.45) is 2.58. The molecule has 0 aliphatic carbocycles. The fourth-order valence-corrected chi connectivity index (χ4v) is 3.46. The second-order valence-corrected chi connectivity index (χ2v) is 5.55. The van der Waals surface area contributed by atoms with E-state index in [0.29, 0.717) is 12.5 Å². The third kappa shape index (κ3) is 2.03. The van der Waals surface area contributed by atoms with Gasteiger partial charge in [0.15, 0.2) is 6.10 Å². The van der Waals surface area contributed by atoms with Gasteiger partial charge in [-0.15, -0.1) is 0 Å². The molecular weight excluding hydrogens is 294 g/mol. The number of nitrogens with zero attached hydrogens (tertiary/aromatic N) is 1. The van der Waals surface area contributed by atoms with Crippen LogP contribution >= 0.6 is 15.9 Å². The van der Waals surface area contributed by atoms with Crippen LogP contribution < -0.4 is 4.74 Å². The van der Waals surface area contributed by atoms with E-state index in [9.17, 15) is 4.79 Å². The molecular formula is C14H16BrNO2. The number of hydrogen-bond donors (Lipinski definition) is 0. The summed E-state index contributed by atoms with van der Waals surface area (Å²) in [6.45, 7) is 0.866. The van der Waals surface area contributed by atoms with Gasteiger partial charge in [-0.3, -0.25) is 4.79 Å². The van der Waals surface area contributed by atoms with Crippen LogP contribution in [-0.4, -0.2) is 34.8 Å². The van der Waals surface area contributed by atoms with Crippen LogP contribution in [0.25, 0.3) is 0 Å². The summed E-state index contributed by atoms with van der Waals surface area (Å²) in [7, 11) is 0. The molecule has 1 aromatic rings. The number of carbonyl (C=O) groups is 1. The average Bonchev–Trinajstić information content (AvgIpc) is 3.03. The minimum atomic E-state index is -0.318. The Bertz CT molecular complexity index is 438. The Kier molecular flexibility index (Phi) is 3.29. The van der Waals surface area contributed by atoms with Crippen LogP contribution in [0.2, 0.25) is 0 Å². The summed E-state index contributed by atoms with van der Waals surface area (Å²) < 4.78 is 5.77. The molecule has 0 N–H and O–H groups in total. The van der Waals surface area contributed by atoms with Gasteiger partial charge in [0.05, 0.1) is 0 Å². The number of likely N-dealkylation sites (tertiary alicyclic amines) is 1. The molecule has 0 radical (unpaired) electrons. The number of ether oxygens (including phenoxy) is 1. The Labute approximate surface area is 115 Å². The van der Waals surface area contributed by atoms with Crippen LogP contribution in [0, 0.1) is 0 Å². The second-order valence-electron chi connectivity index (χ2n) is 4.90. The van der Waals surface area contributed by atoms with Gasteiger partial charge in [-0.2, -0.15) is 0 Å². The van der Waals surface area contributed by atoms with Crippen LogP contribution in [0.15, 0.2) is 24.3 Å². The first-order valence-electron chi connectivity index (χ1n) is 6.40. The summed E-state index contributed by atoms with van der Waals surface area (Å²) in [6, 6.07) is 8.25. The number of para-hydroxylation sites is 1. The maximum atomic E-state index is 12.5. The molecule has 0 saturated carbocycles. The van der Waals surface area contributed by atoms with E-state index in [2.05, 4.69) is 15.9 Å². The molecule has 2 aliphatic rings. The second kappa shape index (κ2) is 4.92. The zero-order chi connectivity index (χ0) is 12.5. The molecule has 2 aliphatic heterocycles. The van der Waals surface area contributed by atoms with Crippen molar-refractivity contribution in [3.8, 4) is 5.75 Å². The molecule has 2 unspecified atom stereocenters. The molecule has 1 saturated heterocycles. The van der Waals surface area contributed by atoms with Crippen LogP contribution in [0.3, 0.4) is 0 Å². The fraction of sp³-hybridized carbons (Fsp3) is 0.500. The van der Waals surface area contributed by atoms with Crippen LogP contribution in [0.4, 0.5) is 0 Å². The van der Waals surface area contributed by atoms with E-state index in [4.69, 9.17) is 4.74 Å². The molecule has 2 atom stereocenters. The summed E-state index contributed by atoms with van der Waals surface area (Å²) in [5, 5.41) is 0.860. The molecule has 0 spiro atoms. The number of rotatable bonds is 2. The van der Waals surface area contributed by atoms with Crippen molar-refractivity contribution in [3.05, 3.63) is 29.8 Å². The van der Waals surface area contributed by atoms with E-state index in [1.54, 1.807) is 0 Å². The molecule has 96 valence electrons. The molecule has 3 nitrogen and oxygen atoms in total. The lowest BCUT2D eigenvalue weighted by atomic mass is 10.1. The van der Waals surface area contributed by atoms with Gasteiger partial charge in [-0.05, 0) is 24.5 Å². The van der Waals surface area contributed by atoms with Gasteiger partial charge in [0, 0.05) is 24.3 Å². The van der Waals surface area contributed by atoms with Crippen molar-refractivity contribution in [2.45, 2.75) is 31.4 Å². The minimum Gasteiger partial charge on any atom is -0.480 e. The van der Waals surface area contributed by atoms with Crippen molar-refractivity contribution >= 4 is 21.8 Å². The van der Waals surface area contributed by atoms with Gasteiger partial charge in [0.1, 0.15) is 5.75 Å². The van der Waals surface area contributed by atoms with Crippen LogP contribution in [0.5, 0.6) is 5.75 Å². The number of halogens is 1. The number of carbonyl (C=O) groups excluding carboxylic acids is 1. The standard InChI is InChI=1S/C14H16BrNO2/c15-9-11-5-3-7-16(11)14(17)13-8-10-4-1-2-6-12(10)18-13/h1-2,4,6,11,13H,3,5,7-9H2. The van der Waals surface area contributed by atoms with E-state index < -0.39 is 0 Å².